The molecule has 12 heavy (non-hydrogen) atoms. The molecule has 0 aromatic carbocycles. The van der Waals surface area contributed by atoms with Gasteiger partial charge in [-0.15, -0.1) is 0 Å². The number of hydrogen-bond donors (Lipinski definition) is 0. The van der Waals surface area contributed by atoms with Crippen molar-refractivity contribution in [1.29, 1.82) is 0 Å². The molecule has 2 aliphatic rings. The third-order valence-electron chi connectivity index (χ3n) is 1.95. The first-order chi connectivity index (χ1) is 5.67. The molecule has 1 saturated heterocycles. The van der Waals surface area contributed by atoms with E-state index >= 15 is 0 Å². The fourth-order valence-electron chi connectivity index (χ4n) is 1.31. The monoisotopic (exact) mass is 164 g/mol. The van der Waals surface area contributed by atoms with E-state index in [0.29, 0.717) is 6.79 Å². The summed E-state index contributed by atoms with van der Waals surface area (Å²) in [7, 11) is 0. The Bertz CT molecular complexity index is 282. The van der Waals surface area contributed by atoms with Gasteiger partial charge in [0.25, 0.3) is 0 Å². The third kappa shape index (κ3) is 1.24. The lowest BCUT2D eigenvalue weighted by atomic mass is 9.93. The maximum absolute atomic E-state index is 5.30. The van der Waals surface area contributed by atoms with Crippen molar-refractivity contribution < 1.29 is 9.47 Å². The third-order valence-corrected chi connectivity index (χ3v) is 1.95. The van der Waals surface area contributed by atoms with Crippen molar-refractivity contribution in [2.75, 3.05) is 6.79 Å². The van der Waals surface area contributed by atoms with Crippen LogP contribution >= 0.6 is 0 Å². The van der Waals surface area contributed by atoms with Crippen molar-refractivity contribution in [3.63, 3.8) is 0 Å². The van der Waals surface area contributed by atoms with Crippen LogP contribution < -0.4 is 0 Å². The molecule has 1 aliphatic carbocycles. The Morgan fingerprint density at radius 2 is 2.00 bits per heavy atom. The van der Waals surface area contributed by atoms with Gasteiger partial charge in [0.1, 0.15) is 0 Å². The maximum Gasteiger partial charge on any atom is 0.231 e. The fraction of sp³-hybridized carbons (Fsp3) is 0.400. The van der Waals surface area contributed by atoms with Gasteiger partial charge in [0.2, 0.25) is 6.79 Å². The molecule has 0 saturated carbocycles. The highest BCUT2D eigenvalue weighted by molar-refractivity contribution is 5.33. The van der Waals surface area contributed by atoms with Crippen LogP contribution in [0.5, 0.6) is 0 Å². The highest BCUT2D eigenvalue weighted by Crippen LogP contribution is 2.31. The van der Waals surface area contributed by atoms with E-state index in [1.54, 1.807) is 0 Å². The number of allylic oxidation sites excluding steroid dienone is 4. The molecule has 64 valence electrons. The van der Waals surface area contributed by atoms with Gasteiger partial charge >= 0.3 is 0 Å². The van der Waals surface area contributed by atoms with Crippen LogP contribution in [0.2, 0.25) is 0 Å². The molecule has 1 heterocycles. The standard InChI is InChI=1S/C10H12O2/c1-10(2)5-3-4-8-9(6-10)12-7-11-8/h3-6H,7H2,1-2H3. The average molecular weight is 164 g/mol. The quantitative estimate of drug-likeness (QED) is 0.547. The molecule has 0 atom stereocenters. The Morgan fingerprint density at radius 1 is 1.25 bits per heavy atom. The molecule has 2 heteroatoms. The van der Waals surface area contributed by atoms with Gasteiger partial charge in [-0.1, -0.05) is 26.0 Å². The summed E-state index contributed by atoms with van der Waals surface area (Å²) in [5.74, 6) is 1.71. The summed E-state index contributed by atoms with van der Waals surface area (Å²) < 4.78 is 10.6. The molecule has 0 bridgehead atoms. The van der Waals surface area contributed by atoms with Gasteiger partial charge in [-0.3, -0.25) is 0 Å². The number of fused-ring (bicyclic) bond motifs is 1. The lowest BCUT2D eigenvalue weighted by Gasteiger charge is -2.13. The van der Waals surface area contributed by atoms with Crippen molar-refractivity contribution in [3.05, 3.63) is 35.8 Å². The van der Waals surface area contributed by atoms with Crippen molar-refractivity contribution in [1.82, 2.24) is 0 Å². The molecule has 0 radical (unpaired) electrons. The molecular weight excluding hydrogens is 152 g/mol. The minimum atomic E-state index is 0.0568. The van der Waals surface area contributed by atoms with E-state index in [2.05, 4.69) is 26.0 Å². The van der Waals surface area contributed by atoms with Gasteiger partial charge in [-0.2, -0.15) is 0 Å². The largest absolute Gasteiger partial charge is 0.454 e. The van der Waals surface area contributed by atoms with Gasteiger partial charge < -0.3 is 9.47 Å². The van der Waals surface area contributed by atoms with Crippen LogP contribution in [0.4, 0.5) is 0 Å². The first kappa shape index (κ1) is 7.47. The Balaban J connectivity index is 2.40. The zero-order chi connectivity index (χ0) is 8.60. The van der Waals surface area contributed by atoms with Crippen LogP contribution in [-0.2, 0) is 9.47 Å². The summed E-state index contributed by atoms with van der Waals surface area (Å²) in [5, 5.41) is 0. The zero-order valence-electron chi connectivity index (χ0n) is 7.33. The second-order valence-electron chi connectivity index (χ2n) is 3.63. The molecule has 0 spiro atoms. The Kier molecular flexibility index (Phi) is 1.50. The van der Waals surface area contributed by atoms with Crippen LogP contribution in [0, 0.1) is 5.41 Å². The van der Waals surface area contributed by atoms with Crippen molar-refractivity contribution >= 4 is 0 Å². The van der Waals surface area contributed by atoms with Gasteiger partial charge in [0, 0.05) is 5.41 Å². The van der Waals surface area contributed by atoms with E-state index in [0.717, 1.165) is 11.5 Å². The number of hydrogen-bond acceptors (Lipinski definition) is 2. The van der Waals surface area contributed by atoms with E-state index in [1.807, 2.05) is 12.2 Å². The van der Waals surface area contributed by atoms with Gasteiger partial charge in [0.15, 0.2) is 11.5 Å². The van der Waals surface area contributed by atoms with Crippen LogP contribution in [0.25, 0.3) is 0 Å². The molecule has 1 fully saturated rings. The molecule has 2 nitrogen and oxygen atoms in total. The lowest BCUT2D eigenvalue weighted by molar-refractivity contribution is 0.0969. The molecule has 2 rings (SSSR count). The van der Waals surface area contributed by atoms with Gasteiger partial charge in [0.05, 0.1) is 0 Å². The van der Waals surface area contributed by atoms with Gasteiger partial charge in [-0.05, 0) is 12.2 Å². The minimum absolute atomic E-state index is 0.0568. The smallest absolute Gasteiger partial charge is 0.231 e. The molecule has 0 N–H and O–H groups in total. The number of rotatable bonds is 0. The summed E-state index contributed by atoms with van der Waals surface area (Å²) in [5.41, 5.74) is 0.0568. The predicted octanol–water partition coefficient (Wildman–Crippen LogP) is 2.35. The topological polar surface area (TPSA) is 18.5 Å². The lowest BCUT2D eigenvalue weighted by Crippen LogP contribution is -2.03. The highest BCUT2D eigenvalue weighted by Gasteiger charge is 2.22. The molecule has 0 unspecified atom stereocenters. The van der Waals surface area contributed by atoms with Gasteiger partial charge in [-0.25, -0.2) is 0 Å². The first-order valence-corrected chi connectivity index (χ1v) is 4.06. The fourth-order valence-corrected chi connectivity index (χ4v) is 1.31. The highest BCUT2D eigenvalue weighted by atomic mass is 16.7. The molecule has 0 aromatic rings. The predicted molar refractivity (Wildman–Crippen MR) is 46.1 cm³/mol. The summed E-state index contributed by atoms with van der Waals surface area (Å²) in [4.78, 5) is 0. The molecule has 0 aromatic heterocycles. The Labute approximate surface area is 72.2 Å². The van der Waals surface area contributed by atoms with Crippen LogP contribution in [-0.4, -0.2) is 6.79 Å². The molecule has 1 aliphatic heterocycles. The summed E-state index contributed by atoms with van der Waals surface area (Å²) >= 11 is 0. The minimum Gasteiger partial charge on any atom is -0.454 e. The Hall–Kier alpha value is -1.18. The maximum atomic E-state index is 5.30. The summed E-state index contributed by atoms with van der Waals surface area (Å²) in [6, 6.07) is 0. The van der Waals surface area contributed by atoms with Crippen LogP contribution in [0.15, 0.2) is 35.8 Å². The normalized spacial score (nSPS) is 24.5. The summed E-state index contributed by atoms with van der Waals surface area (Å²) in [6.45, 7) is 4.62. The van der Waals surface area contributed by atoms with Crippen LogP contribution in [0.3, 0.4) is 0 Å². The second-order valence-corrected chi connectivity index (χ2v) is 3.63. The van der Waals surface area contributed by atoms with Crippen molar-refractivity contribution in [2.45, 2.75) is 13.8 Å². The molecule has 0 amide bonds. The van der Waals surface area contributed by atoms with Crippen LogP contribution in [0.1, 0.15) is 13.8 Å². The van der Waals surface area contributed by atoms with E-state index in [1.165, 1.54) is 0 Å². The Morgan fingerprint density at radius 3 is 2.83 bits per heavy atom. The molecular formula is C10H12O2. The number of ether oxygens (including phenoxy) is 2. The zero-order valence-corrected chi connectivity index (χ0v) is 7.33. The van der Waals surface area contributed by atoms with Crippen molar-refractivity contribution in [2.24, 2.45) is 5.41 Å². The SMILES string of the molecule is CC1(C)C=CC=C2OCOC2=C1. The summed E-state index contributed by atoms with van der Waals surface area (Å²) in [6.07, 6.45) is 8.15. The van der Waals surface area contributed by atoms with E-state index in [-0.39, 0.29) is 5.41 Å². The van der Waals surface area contributed by atoms with E-state index in [4.69, 9.17) is 9.47 Å². The van der Waals surface area contributed by atoms with E-state index < -0.39 is 0 Å². The van der Waals surface area contributed by atoms with E-state index in [9.17, 15) is 0 Å². The van der Waals surface area contributed by atoms with Crippen molar-refractivity contribution in [3.8, 4) is 0 Å². The average Bonchev–Trinajstić information content (AvgIpc) is 2.31. The first-order valence-electron chi connectivity index (χ1n) is 4.06. The second kappa shape index (κ2) is 2.41.